The van der Waals surface area contributed by atoms with E-state index in [9.17, 15) is 5.11 Å². The number of rotatable bonds is 4. The fourth-order valence-corrected chi connectivity index (χ4v) is 5.29. The number of pyridine rings is 1. The zero-order chi connectivity index (χ0) is 22.5. The van der Waals surface area contributed by atoms with Gasteiger partial charge in [0.15, 0.2) is 11.4 Å². The molecule has 1 aliphatic rings. The molecule has 33 heavy (non-hydrogen) atoms. The van der Waals surface area contributed by atoms with Gasteiger partial charge < -0.3 is 20.0 Å². The summed E-state index contributed by atoms with van der Waals surface area (Å²) in [7, 11) is 1.61. The summed E-state index contributed by atoms with van der Waals surface area (Å²) in [5.74, 6) is 1.52. The number of ether oxygens (including phenoxy) is 1. The number of methoxy groups -OCH3 is 1. The minimum atomic E-state index is -0.221. The molecule has 4 heterocycles. The lowest BCUT2D eigenvalue weighted by Gasteiger charge is -2.25. The summed E-state index contributed by atoms with van der Waals surface area (Å²) in [6.07, 6.45) is 6.82. The van der Waals surface area contributed by atoms with Crippen LogP contribution in [0.3, 0.4) is 0 Å². The zero-order valence-electron chi connectivity index (χ0n) is 17.9. The molecule has 6 rings (SSSR count). The molecule has 0 amide bonds. The smallest absolute Gasteiger partial charge is 0.240 e. The summed E-state index contributed by atoms with van der Waals surface area (Å²) >= 11 is 1.33. The van der Waals surface area contributed by atoms with Crippen LogP contribution in [0.15, 0.2) is 41.1 Å². The number of aromatic nitrogens is 5. The number of anilines is 1. The summed E-state index contributed by atoms with van der Waals surface area (Å²) < 4.78 is 18.8. The van der Waals surface area contributed by atoms with E-state index in [1.807, 2.05) is 35.1 Å². The molecule has 0 spiro atoms. The normalized spacial score (nSPS) is 18.8. The lowest BCUT2D eigenvalue weighted by atomic mass is 9.93. The molecule has 0 atom stereocenters. The van der Waals surface area contributed by atoms with Crippen LogP contribution in [0.5, 0.6) is 5.88 Å². The summed E-state index contributed by atoms with van der Waals surface area (Å²) in [4.78, 5) is 4.39. The third-order valence-corrected chi connectivity index (χ3v) is 7.12. The third-order valence-electron chi connectivity index (χ3n) is 6.35. The Morgan fingerprint density at radius 3 is 2.85 bits per heavy atom. The van der Waals surface area contributed by atoms with E-state index in [4.69, 9.17) is 20.0 Å². The number of benzene rings is 1. The van der Waals surface area contributed by atoms with Crippen molar-refractivity contribution in [1.82, 2.24) is 24.4 Å². The predicted octanol–water partition coefficient (Wildman–Crippen LogP) is 4.43. The van der Waals surface area contributed by atoms with E-state index in [0.717, 1.165) is 58.0 Å². The molecular weight excluding hydrogens is 440 g/mol. The standard InChI is InChI=1S/C23H22N6O3S/c1-31-23-17(11-29(27-23)12-5-7-13(30)8-6-12)16-10-25-22(24)20-15(16)9-19(32-20)14-3-2-4-18-21(14)33-28-26-18/h2-4,9-13,30H,5-8H2,1H3,(H2,24,25)/t12-,13-. The topological polar surface area (TPSA) is 125 Å². The van der Waals surface area contributed by atoms with E-state index in [1.54, 1.807) is 13.3 Å². The van der Waals surface area contributed by atoms with Crippen LogP contribution in [0.1, 0.15) is 31.7 Å². The zero-order valence-corrected chi connectivity index (χ0v) is 18.7. The first-order valence-electron chi connectivity index (χ1n) is 10.8. The molecule has 0 saturated heterocycles. The van der Waals surface area contributed by atoms with Crippen molar-refractivity contribution in [3.63, 3.8) is 0 Å². The van der Waals surface area contributed by atoms with Crippen LogP contribution in [0.4, 0.5) is 5.82 Å². The molecule has 1 aliphatic carbocycles. The van der Waals surface area contributed by atoms with Gasteiger partial charge in [0.2, 0.25) is 5.88 Å². The van der Waals surface area contributed by atoms with Gasteiger partial charge in [-0.25, -0.2) is 4.98 Å². The van der Waals surface area contributed by atoms with Crippen molar-refractivity contribution in [2.45, 2.75) is 37.8 Å². The highest BCUT2D eigenvalue weighted by Crippen LogP contribution is 2.42. The third kappa shape index (κ3) is 3.33. The van der Waals surface area contributed by atoms with Gasteiger partial charge in [-0.15, -0.1) is 10.2 Å². The molecular formula is C23H22N6O3S. The molecule has 0 aliphatic heterocycles. The molecule has 10 heteroatoms. The van der Waals surface area contributed by atoms with Crippen molar-refractivity contribution in [2.75, 3.05) is 12.8 Å². The van der Waals surface area contributed by atoms with Crippen LogP contribution in [-0.4, -0.2) is 42.7 Å². The van der Waals surface area contributed by atoms with Crippen molar-refractivity contribution in [3.8, 4) is 28.3 Å². The van der Waals surface area contributed by atoms with Gasteiger partial charge in [-0.2, -0.15) is 0 Å². The first-order valence-corrected chi connectivity index (χ1v) is 11.6. The van der Waals surface area contributed by atoms with Gasteiger partial charge in [-0.05, 0) is 55.4 Å². The van der Waals surface area contributed by atoms with Crippen LogP contribution in [0, 0.1) is 0 Å². The Morgan fingerprint density at radius 2 is 2.03 bits per heavy atom. The van der Waals surface area contributed by atoms with E-state index < -0.39 is 0 Å². The van der Waals surface area contributed by atoms with E-state index in [-0.39, 0.29) is 12.1 Å². The second kappa shape index (κ2) is 7.82. The van der Waals surface area contributed by atoms with Crippen LogP contribution in [0.25, 0.3) is 43.6 Å². The Hall–Kier alpha value is -3.50. The van der Waals surface area contributed by atoms with Gasteiger partial charge in [-0.1, -0.05) is 10.6 Å². The van der Waals surface area contributed by atoms with Crippen molar-refractivity contribution in [2.24, 2.45) is 0 Å². The van der Waals surface area contributed by atoms with Crippen molar-refractivity contribution in [1.29, 1.82) is 0 Å². The number of furan rings is 1. The van der Waals surface area contributed by atoms with Crippen molar-refractivity contribution < 1.29 is 14.3 Å². The Bertz CT molecular complexity index is 1460. The SMILES string of the molecule is COc1nn([C@H]2CC[C@H](O)CC2)cc1-c1cnc(N)c2oc(-c3cccc4nnsc34)cc12. The van der Waals surface area contributed by atoms with Gasteiger partial charge in [0.25, 0.3) is 0 Å². The maximum Gasteiger partial charge on any atom is 0.240 e. The maximum atomic E-state index is 9.86. The lowest BCUT2D eigenvalue weighted by molar-refractivity contribution is 0.107. The summed E-state index contributed by atoms with van der Waals surface area (Å²) in [6.45, 7) is 0. The molecule has 1 fully saturated rings. The van der Waals surface area contributed by atoms with Crippen molar-refractivity contribution >= 4 is 38.5 Å². The van der Waals surface area contributed by atoms with E-state index in [2.05, 4.69) is 14.6 Å². The number of nitrogens with two attached hydrogens (primary N) is 1. The number of aliphatic hydroxyl groups is 1. The van der Waals surface area contributed by atoms with Gasteiger partial charge in [0.05, 0.1) is 29.5 Å². The first-order chi connectivity index (χ1) is 16.1. The number of aliphatic hydroxyl groups excluding tert-OH is 1. The molecule has 1 aromatic carbocycles. The molecule has 3 N–H and O–H groups in total. The highest BCUT2D eigenvalue weighted by molar-refractivity contribution is 7.13. The molecule has 4 aromatic heterocycles. The van der Waals surface area contributed by atoms with Crippen LogP contribution >= 0.6 is 11.5 Å². The molecule has 0 bridgehead atoms. The minimum absolute atomic E-state index is 0.221. The van der Waals surface area contributed by atoms with Gasteiger partial charge in [-0.3, -0.25) is 4.68 Å². The fourth-order valence-electron chi connectivity index (χ4n) is 4.61. The highest BCUT2D eigenvalue weighted by Gasteiger charge is 2.25. The highest BCUT2D eigenvalue weighted by atomic mass is 32.1. The summed E-state index contributed by atoms with van der Waals surface area (Å²) in [6, 6.07) is 8.05. The van der Waals surface area contributed by atoms with E-state index in [0.29, 0.717) is 23.0 Å². The number of nitrogens with zero attached hydrogens (tertiary/aromatic N) is 5. The Morgan fingerprint density at radius 1 is 1.18 bits per heavy atom. The molecule has 9 nitrogen and oxygen atoms in total. The van der Waals surface area contributed by atoms with Gasteiger partial charge >= 0.3 is 0 Å². The van der Waals surface area contributed by atoms with E-state index in [1.165, 1.54) is 11.5 Å². The Balaban J connectivity index is 1.48. The number of fused-ring (bicyclic) bond motifs is 2. The van der Waals surface area contributed by atoms with Crippen LogP contribution in [-0.2, 0) is 0 Å². The quantitative estimate of drug-likeness (QED) is 0.402. The monoisotopic (exact) mass is 462 g/mol. The number of nitrogen functional groups attached to an aromatic ring is 1. The average Bonchev–Trinajstić information content (AvgIpc) is 3.57. The Labute approximate surface area is 193 Å². The largest absolute Gasteiger partial charge is 0.479 e. The Kier molecular flexibility index (Phi) is 4.77. The van der Waals surface area contributed by atoms with Gasteiger partial charge in [0.1, 0.15) is 11.3 Å². The van der Waals surface area contributed by atoms with Crippen LogP contribution in [0.2, 0.25) is 0 Å². The fraction of sp³-hybridized carbons (Fsp3) is 0.304. The molecule has 0 unspecified atom stereocenters. The summed E-state index contributed by atoms with van der Waals surface area (Å²) in [5.41, 5.74) is 10.1. The predicted molar refractivity (Wildman–Crippen MR) is 126 cm³/mol. The van der Waals surface area contributed by atoms with Crippen molar-refractivity contribution in [3.05, 3.63) is 36.7 Å². The summed E-state index contributed by atoms with van der Waals surface area (Å²) in [5, 5.41) is 19.5. The lowest BCUT2D eigenvalue weighted by Crippen LogP contribution is -2.21. The second-order valence-electron chi connectivity index (χ2n) is 8.33. The molecule has 0 radical (unpaired) electrons. The van der Waals surface area contributed by atoms with E-state index >= 15 is 0 Å². The molecule has 5 aromatic rings. The average molecular weight is 463 g/mol. The minimum Gasteiger partial charge on any atom is -0.479 e. The first kappa shape index (κ1) is 20.1. The van der Waals surface area contributed by atoms with Gasteiger partial charge in [0, 0.05) is 28.9 Å². The maximum absolute atomic E-state index is 9.86. The molecule has 1 saturated carbocycles. The van der Waals surface area contributed by atoms with Crippen LogP contribution < -0.4 is 10.5 Å². The number of hydrogen-bond acceptors (Lipinski definition) is 9. The number of hydrogen-bond donors (Lipinski definition) is 2. The molecule has 168 valence electrons. The second-order valence-corrected chi connectivity index (χ2v) is 9.09.